The van der Waals surface area contributed by atoms with E-state index in [1.54, 1.807) is 11.0 Å². The van der Waals surface area contributed by atoms with E-state index < -0.39 is 5.92 Å². The average Bonchev–Trinajstić information content (AvgIpc) is 2.90. The Morgan fingerprint density at radius 1 is 1.24 bits per heavy atom. The molecule has 1 aliphatic heterocycles. The van der Waals surface area contributed by atoms with Crippen LogP contribution in [-0.2, 0) is 4.79 Å². The summed E-state index contributed by atoms with van der Waals surface area (Å²) in [5.74, 6) is -1.05. The van der Waals surface area contributed by atoms with E-state index in [2.05, 4.69) is 10.6 Å². The zero-order valence-electron chi connectivity index (χ0n) is 15.6. The Bertz CT molecular complexity index is 640. The lowest BCUT2D eigenvalue weighted by atomic mass is 9.88. The largest absolute Gasteiger partial charge is 0.354 e. The van der Waals surface area contributed by atoms with Gasteiger partial charge in [0, 0.05) is 30.6 Å². The van der Waals surface area contributed by atoms with Gasteiger partial charge in [-0.05, 0) is 52.3 Å². The molecule has 2 rings (SSSR count). The Morgan fingerprint density at radius 3 is 2.48 bits per heavy atom. The highest BCUT2D eigenvalue weighted by Crippen LogP contribution is 2.33. The van der Waals surface area contributed by atoms with Crippen molar-refractivity contribution in [2.45, 2.75) is 52.1 Å². The lowest BCUT2D eigenvalue weighted by Crippen LogP contribution is -2.48. The van der Waals surface area contributed by atoms with Crippen LogP contribution in [-0.4, -0.2) is 41.5 Å². The third-order valence-electron chi connectivity index (χ3n) is 4.13. The number of urea groups is 1. The molecular weight excluding hydrogens is 321 g/mol. The van der Waals surface area contributed by atoms with E-state index in [4.69, 9.17) is 0 Å². The van der Waals surface area contributed by atoms with Crippen molar-refractivity contribution in [1.82, 2.24) is 15.5 Å². The third-order valence-corrected chi connectivity index (χ3v) is 4.13. The minimum absolute atomic E-state index is 0.0121. The van der Waals surface area contributed by atoms with Gasteiger partial charge in [-0.1, -0.05) is 12.1 Å². The second-order valence-electron chi connectivity index (χ2n) is 8.02. The summed E-state index contributed by atoms with van der Waals surface area (Å²) in [4.78, 5) is 26.8. The summed E-state index contributed by atoms with van der Waals surface area (Å²) < 4.78 is 13.6. The molecular formula is C19H28FN3O2. The van der Waals surface area contributed by atoms with Gasteiger partial charge in [0.2, 0.25) is 5.91 Å². The average molecular weight is 349 g/mol. The molecule has 1 aromatic carbocycles. The standard InChI is InChI=1S/C19H28FN3O2/c1-12(2)21-17(24)16-11-23(18(25)22-19(3,4)5)10-15(16)13-7-6-8-14(20)9-13/h6-9,12,15-16H,10-11H2,1-5H3,(H,21,24)(H,22,25)/t15-,16+/m0/s1. The van der Waals surface area contributed by atoms with Crippen molar-refractivity contribution in [2.24, 2.45) is 5.92 Å². The fourth-order valence-electron chi connectivity index (χ4n) is 3.10. The number of hydrogen-bond donors (Lipinski definition) is 2. The first-order chi connectivity index (χ1) is 11.6. The van der Waals surface area contributed by atoms with E-state index in [-0.39, 0.29) is 35.3 Å². The molecule has 0 bridgehead atoms. The van der Waals surface area contributed by atoms with Gasteiger partial charge in [0.1, 0.15) is 5.82 Å². The molecule has 3 amide bonds. The lowest BCUT2D eigenvalue weighted by Gasteiger charge is -2.25. The summed E-state index contributed by atoms with van der Waals surface area (Å²) in [6.07, 6.45) is 0. The van der Waals surface area contributed by atoms with E-state index in [0.717, 1.165) is 5.56 Å². The third kappa shape index (κ3) is 5.18. The topological polar surface area (TPSA) is 61.4 Å². The molecule has 5 nitrogen and oxygen atoms in total. The number of nitrogens with one attached hydrogen (secondary N) is 2. The Hall–Kier alpha value is -2.11. The van der Waals surface area contributed by atoms with Crippen LogP contribution in [0, 0.1) is 11.7 Å². The van der Waals surface area contributed by atoms with Crippen molar-refractivity contribution in [1.29, 1.82) is 0 Å². The predicted octanol–water partition coefficient (Wildman–Crippen LogP) is 2.87. The highest BCUT2D eigenvalue weighted by atomic mass is 19.1. The van der Waals surface area contributed by atoms with Crippen molar-refractivity contribution in [3.8, 4) is 0 Å². The van der Waals surface area contributed by atoms with Crippen LogP contribution in [0.4, 0.5) is 9.18 Å². The monoisotopic (exact) mass is 349 g/mol. The van der Waals surface area contributed by atoms with E-state index in [0.29, 0.717) is 13.1 Å². The van der Waals surface area contributed by atoms with Crippen LogP contribution in [0.5, 0.6) is 0 Å². The molecule has 2 N–H and O–H groups in total. The van der Waals surface area contributed by atoms with Gasteiger partial charge in [-0.3, -0.25) is 4.79 Å². The molecule has 1 heterocycles. The predicted molar refractivity (Wildman–Crippen MR) is 95.8 cm³/mol. The van der Waals surface area contributed by atoms with E-state index >= 15 is 0 Å². The Morgan fingerprint density at radius 2 is 1.92 bits per heavy atom. The van der Waals surface area contributed by atoms with Crippen LogP contribution in [0.1, 0.15) is 46.1 Å². The van der Waals surface area contributed by atoms with Gasteiger partial charge in [0.25, 0.3) is 0 Å². The molecule has 6 heteroatoms. The summed E-state index contributed by atoms with van der Waals surface area (Å²) >= 11 is 0. The summed E-state index contributed by atoms with van der Waals surface area (Å²) in [6, 6.07) is 6.10. The van der Waals surface area contributed by atoms with Crippen molar-refractivity contribution < 1.29 is 14.0 Å². The number of rotatable bonds is 3. The number of likely N-dealkylation sites (tertiary alicyclic amines) is 1. The number of hydrogen-bond acceptors (Lipinski definition) is 2. The molecule has 1 fully saturated rings. The van der Waals surface area contributed by atoms with Crippen molar-refractivity contribution in [3.05, 3.63) is 35.6 Å². The van der Waals surface area contributed by atoms with Crippen LogP contribution in [0.2, 0.25) is 0 Å². The van der Waals surface area contributed by atoms with Crippen molar-refractivity contribution in [2.75, 3.05) is 13.1 Å². The van der Waals surface area contributed by atoms with Gasteiger partial charge in [-0.25, -0.2) is 9.18 Å². The molecule has 0 saturated carbocycles. The van der Waals surface area contributed by atoms with Crippen molar-refractivity contribution >= 4 is 11.9 Å². The summed E-state index contributed by atoms with van der Waals surface area (Å²) in [5, 5.41) is 5.84. The zero-order valence-corrected chi connectivity index (χ0v) is 15.6. The molecule has 0 aliphatic carbocycles. The smallest absolute Gasteiger partial charge is 0.317 e. The molecule has 25 heavy (non-hydrogen) atoms. The molecule has 0 aromatic heterocycles. The van der Waals surface area contributed by atoms with Gasteiger partial charge in [0.15, 0.2) is 0 Å². The second-order valence-corrected chi connectivity index (χ2v) is 8.02. The normalized spacial score (nSPS) is 20.7. The van der Waals surface area contributed by atoms with E-state index in [1.165, 1.54) is 12.1 Å². The molecule has 0 spiro atoms. The van der Waals surface area contributed by atoms with E-state index in [1.807, 2.05) is 40.7 Å². The molecule has 1 saturated heterocycles. The summed E-state index contributed by atoms with van der Waals surface area (Å²) in [7, 11) is 0. The maximum absolute atomic E-state index is 13.6. The minimum Gasteiger partial charge on any atom is -0.354 e. The zero-order chi connectivity index (χ0) is 18.8. The highest BCUT2D eigenvalue weighted by molar-refractivity contribution is 5.83. The number of carbonyl (C=O) groups is 2. The fourth-order valence-corrected chi connectivity index (χ4v) is 3.10. The van der Waals surface area contributed by atoms with Gasteiger partial charge >= 0.3 is 6.03 Å². The minimum atomic E-state index is -0.394. The number of benzene rings is 1. The Balaban J connectivity index is 2.24. The number of nitrogens with zero attached hydrogens (tertiary/aromatic N) is 1. The quantitative estimate of drug-likeness (QED) is 0.881. The number of amides is 3. The number of carbonyl (C=O) groups excluding carboxylic acids is 2. The van der Waals surface area contributed by atoms with Crippen LogP contribution in [0.3, 0.4) is 0 Å². The molecule has 0 radical (unpaired) electrons. The Labute approximate surface area is 149 Å². The molecule has 0 unspecified atom stereocenters. The summed E-state index contributed by atoms with van der Waals surface area (Å²) in [5.41, 5.74) is 0.388. The van der Waals surface area contributed by atoms with E-state index in [9.17, 15) is 14.0 Å². The lowest BCUT2D eigenvalue weighted by molar-refractivity contribution is -0.125. The first-order valence-electron chi connectivity index (χ1n) is 8.70. The maximum Gasteiger partial charge on any atom is 0.317 e. The first kappa shape index (κ1) is 19.2. The van der Waals surface area contributed by atoms with Crippen LogP contribution >= 0.6 is 0 Å². The molecule has 138 valence electrons. The molecule has 1 aromatic rings. The fraction of sp³-hybridized carbons (Fsp3) is 0.579. The van der Waals surface area contributed by atoms with Gasteiger partial charge in [0.05, 0.1) is 5.92 Å². The van der Waals surface area contributed by atoms with Crippen LogP contribution in [0.15, 0.2) is 24.3 Å². The number of halogens is 1. The summed E-state index contributed by atoms with van der Waals surface area (Å²) in [6.45, 7) is 10.2. The SMILES string of the molecule is CC(C)NC(=O)[C@@H]1CN(C(=O)NC(C)(C)C)C[C@H]1c1cccc(F)c1. The second kappa shape index (κ2) is 7.42. The molecule has 2 atom stereocenters. The molecule has 1 aliphatic rings. The van der Waals surface area contributed by atoms with Crippen LogP contribution in [0.25, 0.3) is 0 Å². The van der Waals surface area contributed by atoms with Gasteiger partial charge in [-0.2, -0.15) is 0 Å². The van der Waals surface area contributed by atoms with Gasteiger partial charge in [-0.15, -0.1) is 0 Å². The van der Waals surface area contributed by atoms with Crippen LogP contribution < -0.4 is 10.6 Å². The maximum atomic E-state index is 13.6. The highest BCUT2D eigenvalue weighted by Gasteiger charge is 2.41. The van der Waals surface area contributed by atoms with Crippen molar-refractivity contribution in [3.63, 3.8) is 0 Å². The first-order valence-corrected chi connectivity index (χ1v) is 8.70. The Kier molecular flexibility index (Phi) is 5.70. The van der Waals surface area contributed by atoms with Gasteiger partial charge < -0.3 is 15.5 Å².